The van der Waals surface area contributed by atoms with E-state index in [4.69, 9.17) is 0 Å². The lowest BCUT2D eigenvalue weighted by Gasteiger charge is -2.31. The number of halogens is 2. The van der Waals surface area contributed by atoms with Gasteiger partial charge in [0.1, 0.15) is 5.82 Å². The summed E-state index contributed by atoms with van der Waals surface area (Å²) >= 11 is 0. The summed E-state index contributed by atoms with van der Waals surface area (Å²) in [6, 6.07) is 7.09. The molecule has 2 fully saturated rings. The van der Waals surface area contributed by atoms with Crippen LogP contribution in [0.3, 0.4) is 0 Å². The van der Waals surface area contributed by atoms with Crippen LogP contribution in [-0.4, -0.2) is 37.6 Å². The van der Waals surface area contributed by atoms with Crippen molar-refractivity contribution in [3.63, 3.8) is 0 Å². The molecule has 1 aromatic carbocycles. The minimum atomic E-state index is -0.142. The minimum absolute atomic E-state index is 0. The van der Waals surface area contributed by atoms with Gasteiger partial charge in [-0.25, -0.2) is 4.39 Å². The van der Waals surface area contributed by atoms with E-state index in [1.54, 1.807) is 12.1 Å². The molecule has 0 radical (unpaired) electrons. The summed E-state index contributed by atoms with van der Waals surface area (Å²) in [6.45, 7) is 10.4. The normalized spacial score (nSPS) is 33.1. The maximum absolute atomic E-state index is 13.1. The van der Waals surface area contributed by atoms with Crippen LogP contribution >= 0.6 is 12.4 Å². The molecule has 0 spiro atoms. The van der Waals surface area contributed by atoms with Gasteiger partial charge in [0.2, 0.25) is 0 Å². The van der Waals surface area contributed by atoms with Crippen molar-refractivity contribution in [2.24, 2.45) is 5.41 Å². The molecule has 2 unspecified atom stereocenters. The average molecular weight is 313 g/mol. The highest BCUT2D eigenvalue weighted by molar-refractivity contribution is 5.85. The lowest BCUT2D eigenvalue weighted by Crippen LogP contribution is -2.37. The summed E-state index contributed by atoms with van der Waals surface area (Å²) in [5.41, 5.74) is 1.88. The van der Waals surface area contributed by atoms with Crippen LogP contribution in [0.1, 0.15) is 32.3 Å². The van der Waals surface area contributed by atoms with E-state index in [0.717, 1.165) is 26.2 Å². The Labute approximate surface area is 133 Å². The number of likely N-dealkylation sites (tertiary alicyclic amines) is 1. The number of hydrogen-bond acceptors (Lipinski definition) is 2. The van der Waals surface area contributed by atoms with E-state index in [0.29, 0.717) is 5.41 Å². The van der Waals surface area contributed by atoms with Crippen molar-refractivity contribution in [3.05, 3.63) is 35.6 Å². The van der Waals surface area contributed by atoms with Crippen LogP contribution in [0, 0.1) is 11.2 Å². The van der Waals surface area contributed by atoms with Gasteiger partial charge in [0, 0.05) is 25.0 Å². The summed E-state index contributed by atoms with van der Waals surface area (Å²) < 4.78 is 13.1. The van der Waals surface area contributed by atoms with Gasteiger partial charge in [-0.3, -0.25) is 0 Å². The van der Waals surface area contributed by atoms with E-state index >= 15 is 0 Å². The Hall–Kier alpha value is -0.640. The third-order valence-electron chi connectivity index (χ3n) is 5.16. The smallest absolute Gasteiger partial charge is 0.123 e. The number of nitrogens with one attached hydrogen (secondary N) is 1. The van der Waals surface area contributed by atoms with Crippen LogP contribution in [0.15, 0.2) is 24.3 Å². The molecule has 3 rings (SSSR count). The molecule has 4 heteroatoms. The lowest BCUT2D eigenvalue weighted by molar-refractivity contribution is 0.201. The Balaban J connectivity index is 0.00000161. The monoisotopic (exact) mass is 312 g/mol. The van der Waals surface area contributed by atoms with Crippen molar-refractivity contribution in [2.45, 2.75) is 32.1 Å². The van der Waals surface area contributed by atoms with E-state index in [2.05, 4.69) is 24.1 Å². The average Bonchev–Trinajstić information content (AvgIpc) is 2.98. The fraction of sp³-hybridized carbons (Fsp3) is 0.647. The van der Waals surface area contributed by atoms with Crippen LogP contribution in [0.4, 0.5) is 4.39 Å². The van der Waals surface area contributed by atoms with Crippen molar-refractivity contribution in [1.29, 1.82) is 0 Å². The highest BCUT2D eigenvalue weighted by atomic mass is 35.5. The second-order valence-electron chi connectivity index (χ2n) is 7.27. The Morgan fingerprint density at radius 1 is 1.19 bits per heavy atom. The van der Waals surface area contributed by atoms with Crippen molar-refractivity contribution < 1.29 is 4.39 Å². The Bertz CT molecular complexity index is 470. The van der Waals surface area contributed by atoms with Crippen LogP contribution in [0.25, 0.3) is 0 Å². The largest absolute Gasteiger partial charge is 0.316 e. The highest BCUT2D eigenvalue weighted by Gasteiger charge is 2.39. The zero-order valence-electron chi connectivity index (χ0n) is 13.0. The molecule has 2 aliphatic rings. The molecule has 0 amide bonds. The molecule has 0 aromatic heterocycles. The van der Waals surface area contributed by atoms with Crippen molar-refractivity contribution in [2.75, 3.05) is 32.7 Å². The standard InChI is InChI=1S/C17H25FN2.ClH/c1-16(7-9-19-11-16)12-20-10-8-17(2,13-20)14-3-5-15(18)6-4-14;/h3-6,19H,7-13H2,1-2H3;1H. The number of hydrogen-bond donors (Lipinski definition) is 1. The molecular formula is C17H26ClFN2. The van der Waals surface area contributed by atoms with E-state index in [1.165, 1.54) is 24.9 Å². The topological polar surface area (TPSA) is 15.3 Å². The van der Waals surface area contributed by atoms with E-state index < -0.39 is 0 Å². The maximum atomic E-state index is 13.1. The van der Waals surface area contributed by atoms with Gasteiger partial charge in [-0.05, 0) is 49.0 Å². The summed E-state index contributed by atoms with van der Waals surface area (Å²) in [4.78, 5) is 2.59. The number of rotatable bonds is 3. The van der Waals surface area contributed by atoms with Crippen molar-refractivity contribution in [1.82, 2.24) is 10.2 Å². The predicted molar refractivity (Wildman–Crippen MR) is 87.7 cm³/mol. The minimum Gasteiger partial charge on any atom is -0.316 e. The van der Waals surface area contributed by atoms with Gasteiger partial charge in [0.25, 0.3) is 0 Å². The molecule has 2 saturated heterocycles. The first-order chi connectivity index (χ1) is 9.49. The first kappa shape index (κ1) is 16.7. The molecule has 2 heterocycles. The third-order valence-corrected chi connectivity index (χ3v) is 5.16. The second-order valence-corrected chi connectivity index (χ2v) is 7.27. The van der Waals surface area contributed by atoms with E-state index in [1.807, 2.05) is 12.1 Å². The molecular weight excluding hydrogens is 287 g/mol. The SMILES string of the molecule is CC1(CN2CCC(C)(c3ccc(F)cc3)C2)CCNC1.Cl. The molecule has 118 valence electrons. The quantitative estimate of drug-likeness (QED) is 0.922. The molecule has 21 heavy (non-hydrogen) atoms. The zero-order valence-corrected chi connectivity index (χ0v) is 13.8. The molecule has 1 N–H and O–H groups in total. The number of nitrogens with zero attached hydrogens (tertiary/aromatic N) is 1. The molecule has 2 nitrogen and oxygen atoms in total. The molecule has 0 saturated carbocycles. The predicted octanol–water partition coefficient (Wildman–Crippen LogP) is 3.21. The van der Waals surface area contributed by atoms with Crippen LogP contribution in [-0.2, 0) is 5.41 Å². The fourth-order valence-corrected chi connectivity index (χ4v) is 3.82. The van der Waals surface area contributed by atoms with Gasteiger partial charge < -0.3 is 10.2 Å². The summed E-state index contributed by atoms with van der Waals surface area (Å²) in [7, 11) is 0. The van der Waals surface area contributed by atoms with Crippen LogP contribution in [0.5, 0.6) is 0 Å². The van der Waals surface area contributed by atoms with E-state index in [-0.39, 0.29) is 23.6 Å². The molecule has 0 aliphatic carbocycles. The maximum Gasteiger partial charge on any atom is 0.123 e. The molecule has 2 aliphatic heterocycles. The summed E-state index contributed by atoms with van der Waals surface area (Å²) in [5.74, 6) is -0.142. The van der Waals surface area contributed by atoms with Gasteiger partial charge in [-0.2, -0.15) is 0 Å². The van der Waals surface area contributed by atoms with E-state index in [9.17, 15) is 4.39 Å². The van der Waals surface area contributed by atoms with Gasteiger partial charge in [0.15, 0.2) is 0 Å². The molecule has 0 bridgehead atoms. The summed E-state index contributed by atoms with van der Waals surface area (Å²) in [6.07, 6.45) is 2.44. The molecule has 2 atom stereocenters. The zero-order chi connectivity index (χ0) is 14.2. The number of benzene rings is 1. The summed E-state index contributed by atoms with van der Waals surface area (Å²) in [5, 5.41) is 3.48. The van der Waals surface area contributed by atoms with Gasteiger partial charge in [-0.1, -0.05) is 26.0 Å². The second kappa shape index (κ2) is 6.23. The highest BCUT2D eigenvalue weighted by Crippen LogP contribution is 2.36. The van der Waals surface area contributed by atoms with Gasteiger partial charge >= 0.3 is 0 Å². The Morgan fingerprint density at radius 3 is 2.52 bits per heavy atom. The Morgan fingerprint density at radius 2 is 1.90 bits per heavy atom. The third kappa shape index (κ3) is 3.58. The first-order valence-electron chi connectivity index (χ1n) is 7.68. The van der Waals surface area contributed by atoms with Crippen molar-refractivity contribution in [3.8, 4) is 0 Å². The molecule has 1 aromatic rings. The fourth-order valence-electron chi connectivity index (χ4n) is 3.82. The lowest BCUT2D eigenvalue weighted by atomic mass is 9.82. The van der Waals surface area contributed by atoms with Crippen LogP contribution in [0.2, 0.25) is 0 Å². The van der Waals surface area contributed by atoms with Gasteiger partial charge in [0.05, 0.1) is 0 Å². The Kier molecular flexibility index (Phi) is 4.96. The van der Waals surface area contributed by atoms with Crippen LogP contribution < -0.4 is 5.32 Å². The van der Waals surface area contributed by atoms with Gasteiger partial charge in [-0.15, -0.1) is 12.4 Å². The van der Waals surface area contributed by atoms with Crippen molar-refractivity contribution >= 4 is 12.4 Å². The first-order valence-corrected chi connectivity index (χ1v) is 7.68.